The second-order valence-electron chi connectivity index (χ2n) is 12.3. The van der Waals surface area contributed by atoms with Crippen molar-refractivity contribution in [2.75, 3.05) is 28.0 Å². The maximum absolute atomic E-state index is 14.0. The largest absolute Gasteiger partial charge is 0.426 e. The number of rotatable bonds is 7. The Kier molecular flexibility index (Phi) is 8.46. The highest BCUT2D eigenvalue weighted by Gasteiger charge is 2.35. The lowest BCUT2D eigenvalue weighted by Crippen LogP contribution is -2.30. The third-order valence-corrected chi connectivity index (χ3v) is 8.80. The van der Waals surface area contributed by atoms with E-state index in [1.165, 1.54) is 6.92 Å². The molecule has 0 radical (unpaired) electrons. The molecule has 7 rings (SSSR count). The predicted molar refractivity (Wildman–Crippen MR) is 196 cm³/mol. The number of aromatic amines is 2. The standard InChI is InChI=1S/C37H32ClN7O5/c1-19(2)43-44-37(49)40-25-9-11-28-21(13-25)14-30(41-28)35(47)39-24-8-10-29-22(12-24)15-31(42-29)36(48)45-18-23(17-38)34-27-7-5-4-6-26(27)33(16-32(34)45)50-20(3)46/h4-16,23,41-42H,17-18H2,1-3H3,(H,39,47)(H2,40,44,49). The normalized spacial score (nSPS) is 13.7. The lowest BCUT2D eigenvalue weighted by Gasteiger charge is -2.18. The third kappa shape index (κ3) is 6.24. The summed E-state index contributed by atoms with van der Waals surface area (Å²) in [5.41, 5.74) is 7.91. The molecule has 1 atom stereocenters. The van der Waals surface area contributed by atoms with Gasteiger partial charge in [0, 0.05) is 75.6 Å². The van der Waals surface area contributed by atoms with Crippen LogP contribution in [0.15, 0.2) is 84.0 Å². The first kappa shape index (κ1) is 32.4. The minimum absolute atomic E-state index is 0.116. The van der Waals surface area contributed by atoms with Crippen LogP contribution in [0.2, 0.25) is 0 Å². The summed E-state index contributed by atoms with van der Waals surface area (Å²) in [6.07, 6.45) is 0. The molecule has 1 aliphatic rings. The molecule has 0 aliphatic carbocycles. The second-order valence-corrected chi connectivity index (χ2v) is 12.6. The fourth-order valence-corrected chi connectivity index (χ4v) is 6.55. The van der Waals surface area contributed by atoms with Crippen molar-refractivity contribution in [2.24, 2.45) is 5.10 Å². The predicted octanol–water partition coefficient (Wildman–Crippen LogP) is 7.48. The van der Waals surface area contributed by atoms with Crippen molar-refractivity contribution in [3.05, 3.63) is 95.8 Å². The molecular formula is C37H32ClN7O5. The number of urea groups is 1. The van der Waals surface area contributed by atoms with E-state index in [9.17, 15) is 19.2 Å². The zero-order valence-electron chi connectivity index (χ0n) is 27.3. The Balaban J connectivity index is 1.11. The van der Waals surface area contributed by atoms with E-state index in [0.29, 0.717) is 57.9 Å². The monoisotopic (exact) mass is 689 g/mol. The first-order valence-electron chi connectivity index (χ1n) is 15.8. The van der Waals surface area contributed by atoms with Crippen LogP contribution in [0.5, 0.6) is 5.75 Å². The van der Waals surface area contributed by atoms with Gasteiger partial charge in [0.25, 0.3) is 11.8 Å². The number of halogens is 1. The van der Waals surface area contributed by atoms with Gasteiger partial charge in [0.1, 0.15) is 17.1 Å². The highest BCUT2D eigenvalue weighted by molar-refractivity contribution is 6.19. The van der Waals surface area contributed by atoms with Gasteiger partial charge in [-0.25, -0.2) is 10.2 Å². The highest BCUT2D eigenvalue weighted by atomic mass is 35.5. The number of H-pyrrole nitrogens is 2. The molecule has 0 saturated carbocycles. The molecule has 3 heterocycles. The molecule has 252 valence electrons. The van der Waals surface area contributed by atoms with E-state index >= 15 is 0 Å². The minimum Gasteiger partial charge on any atom is -0.426 e. The number of ether oxygens (including phenoxy) is 1. The van der Waals surface area contributed by atoms with E-state index in [-0.39, 0.29) is 17.7 Å². The Morgan fingerprint density at radius 2 is 1.48 bits per heavy atom. The Morgan fingerprint density at radius 1 is 0.840 bits per heavy atom. The van der Waals surface area contributed by atoms with Crippen LogP contribution >= 0.6 is 11.6 Å². The summed E-state index contributed by atoms with van der Waals surface area (Å²) < 4.78 is 5.56. The number of aromatic nitrogens is 2. The maximum Gasteiger partial charge on any atom is 0.339 e. The number of alkyl halides is 1. The van der Waals surface area contributed by atoms with Crippen LogP contribution in [0.1, 0.15) is 53.2 Å². The van der Waals surface area contributed by atoms with Crippen LogP contribution in [0.25, 0.3) is 32.6 Å². The number of nitrogens with one attached hydrogen (secondary N) is 5. The molecule has 1 unspecified atom stereocenters. The zero-order valence-corrected chi connectivity index (χ0v) is 28.1. The molecular weight excluding hydrogens is 658 g/mol. The van der Waals surface area contributed by atoms with Gasteiger partial charge < -0.3 is 30.2 Å². The fraction of sp³-hybridized carbons (Fsp3) is 0.162. The van der Waals surface area contributed by atoms with E-state index in [2.05, 4.69) is 31.1 Å². The first-order valence-corrected chi connectivity index (χ1v) is 16.4. The summed E-state index contributed by atoms with van der Waals surface area (Å²) in [7, 11) is 0. The Bertz CT molecular complexity index is 2390. The van der Waals surface area contributed by atoms with Gasteiger partial charge in [-0.1, -0.05) is 24.3 Å². The molecule has 4 aromatic carbocycles. The van der Waals surface area contributed by atoms with E-state index in [1.807, 2.05) is 24.3 Å². The summed E-state index contributed by atoms with van der Waals surface area (Å²) in [6.45, 7) is 5.25. The quantitative estimate of drug-likeness (QED) is 0.0386. The summed E-state index contributed by atoms with van der Waals surface area (Å²) >= 11 is 6.42. The Labute approximate surface area is 290 Å². The Morgan fingerprint density at radius 3 is 2.14 bits per heavy atom. The Hall–Kier alpha value is -6.14. The average Bonchev–Trinajstić information content (AvgIpc) is 3.82. The number of benzene rings is 4. The van der Waals surface area contributed by atoms with Gasteiger partial charge in [-0.05, 0) is 73.3 Å². The fourth-order valence-electron chi connectivity index (χ4n) is 6.29. The van der Waals surface area contributed by atoms with Crippen molar-refractivity contribution in [3.63, 3.8) is 0 Å². The van der Waals surface area contributed by atoms with Crippen LogP contribution in [0, 0.1) is 0 Å². The molecule has 13 heteroatoms. The number of hydrogen-bond donors (Lipinski definition) is 5. The van der Waals surface area contributed by atoms with Crippen molar-refractivity contribution >= 4 is 90.8 Å². The molecule has 0 bridgehead atoms. The maximum atomic E-state index is 14.0. The minimum atomic E-state index is -0.476. The third-order valence-electron chi connectivity index (χ3n) is 8.43. The van der Waals surface area contributed by atoms with Crippen LogP contribution in [-0.4, -0.2) is 51.9 Å². The SMILES string of the molecule is CC(=O)Oc1cc2c(c3ccccc13)C(CCl)CN2C(=O)c1cc2cc(NC(=O)c3cc4cc(NC(=O)NN=C(C)C)ccc4[nH]3)ccc2[nH]1. The molecule has 0 saturated heterocycles. The zero-order chi connectivity index (χ0) is 35.1. The van der Waals surface area contributed by atoms with Crippen molar-refractivity contribution in [3.8, 4) is 5.75 Å². The smallest absolute Gasteiger partial charge is 0.339 e. The molecule has 2 aromatic heterocycles. The van der Waals surface area contributed by atoms with E-state index < -0.39 is 12.0 Å². The van der Waals surface area contributed by atoms with E-state index in [0.717, 1.165) is 32.6 Å². The number of carbonyl (C=O) groups is 4. The van der Waals surface area contributed by atoms with Gasteiger partial charge in [0.15, 0.2) is 0 Å². The molecule has 0 spiro atoms. The number of esters is 1. The second kappa shape index (κ2) is 13.1. The number of fused-ring (bicyclic) bond motifs is 5. The molecule has 0 fully saturated rings. The van der Waals surface area contributed by atoms with Crippen molar-refractivity contribution < 1.29 is 23.9 Å². The molecule has 5 N–H and O–H groups in total. The van der Waals surface area contributed by atoms with Gasteiger partial charge in [-0.2, -0.15) is 5.10 Å². The molecule has 4 amide bonds. The number of anilines is 3. The number of nitrogens with zero attached hydrogens (tertiary/aromatic N) is 2. The summed E-state index contributed by atoms with van der Waals surface area (Å²) in [5.74, 6) is -0.502. The molecule has 6 aromatic rings. The van der Waals surface area contributed by atoms with Crippen LogP contribution < -0.4 is 25.7 Å². The number of hydrazone groups is 1. The van der Waals surface area contributed by atoms with Crippen LogP contribution in [0.3, 0.4) is 0 Å². The van der Waals surface area contributed by atoms with E-state index in [1.54, 1.807) is 73.3 Å². The van der Waals surface area contributed by atoms with Crippen LogP contribution in [-0.2, 0) is 4.79 Å². The van der Waals surface area contributed by atoms with Crippen molar-refractivity contribution in [1.29, 1.82) is 0 Å². The van der Waals surface area contributed by atoms with Gasteiger partial charge in [-0.15, -0.1) is 11.6 Å². The lowest BCUT2D eigenvalue weighted by atomic mass is 9.95. The number of amides is 4. The molecule has 12 nitrogen and oxygen atoms in total. The first-order chi connectivity index (χ1) is 24.1. The van der Waals surface area contributed by atoms with Crippen LogP contribution in [0.4, 0.5) is 21.9 Å². The summed E-state index contributed by atoms with van der Waals surface area (Å²) in [6, 6.07) is 22.9. The molecule has 1 aliphatic heterocycles. The van der Waals surface area contributed by atoms with Gasteiger partial charge >= 0.3 is 12.0 Å². The van der Waals surface area contributed by atoms with Gasteiger partial charge in [0.2, 0.25) is 0 Å². The van der Waals surface area contributed by atoms with Crippen molar-refractivity contribution in [2.45, 2.75) is 26.7 Å². The van der Waals surface area contributed by atoms with Crippen molar-refractivity contribution in [1.82, 2.24) is 15.4 Å². The number of hydrogen-bond acceptors (Lipinski definition) is 6. The number of carbonyl (C=O) groups excluding carboxylic acids is 4. The topological polar surface area (TPSA) is 161 Å². The average molecular weight is 690 g/mol. The van der Waals surface area contributed by atoms with Gasteiger partial charge in [-0.3, -0.25) is 14.4 Å². The van der Waals surface area contributed by atoms with E-state index in [4.69, 9.17) is 16.3 Å². The highest BCUT2D eigenvalue weighted by Crippen LogP contribution is 2.46. The lowest BCUT2D eigenvalue weighted by molar-refractivity contribution is -0.131. The molecule has 50 heavy (non-hydrogen) atoms. The summed E-state index contributed by atoms with van der Waals surface area (Å²) in [5, 5.41) is 12.6. The summed E-state index contributed by atoms with van der Waals surface area (Å²) in [4.78, 5) is 59.3. The van der Waals surface area contributed by atoms with Gasteiger partial charge in [0.05, 0.1) is 5.69 Å².